The third-order valence-electron chi connectivity index (χ3n) is 14.4. The van der Waals surface area contributed by atoms with E-state index in [2.05, 4.69) is 300 Å². The normalized spacial score (nSPS) is 11.5. The molecule has 0 unspecified atom stereocenters. The van der Waals surface area contributed by atoms with Gasteiger partial charge in [0.25, 0.3) is 0 Å². The summed E-state index contributed by atoms with van der Waals surface area (Å²) in [4.78, 5) is 7.17. The SMILES string of the molecule is c1ccc(-c2ccc(N(c3ccccc3)c3cccc(N(c4ccc5c(c4)sc4ccc(N(c6ccccc6)c6ccc(-c7ccc8ccccc8c7)cc6)cc45)c4ccc5sc6ccccc6c5c4)c3)cc2)cc1. The quantitative estimate of drug-likeness (QED) is 0.128. The minimum atomic E-state index is 1.07. The van der Waals surface area contributed by atoms with Crippen molar-refractivity contribution < 1.29 is 0 Å². The van der Waals surface area contributed by atoms with Crippen LogP contribution in [0.3, 0.4) is 0 Å². The third-order valence-corrected chi connectivity index (χ3v) is 16.7. The lowest BCUT2D eigenvalue weighted by molar-refractivity contribution is 1.25. The van der Waals surface area contributed by atoms with Crippen molar-refractivity contribution in [2.75, 3.05) is 14.7 Å². The first kappa shape index (κ1) is 44.4. The standard InChI is InChI=1S/C70H47N3S2/c1-4-15-48(16-5-1)50-29-33-56(34-30-50)71(54-19-6-2-7-20-54)58-23-14-24-59(44-58)73(61-39-41-68-65(46-61)63-25-12-13-26-67(63)74-68)62-37-40-64-66-45-60(38-42-69(66)75-70(64)47-62)72(55-21-8-3-9-22-55)57-35-31-51(32-36-57)53-28-27-49-17-10-11-18-52(49)43-53/h1-47H. The summed E-state index contributed by atoms with van der Waals surface area (Å²) < 4.78 is 5.06. The minimum absolute atomic E-state index is 1.07. The van der Waals surface area contributed by atoms with E-state index in [0.717, 1.165) is 51.2 Å². The monoisotopic (exact) mass is 993 g/mol. The van der Waals surface area contributed by atoms with Crippen molar-refractivity contribution in [2.45, 2.75) is 0 Å². The van der Waals surface area contributed by atoms with Gasteiger partial charge in [0.15, 0.2) is 0 Å². The zero-order valence-corrected chi connectivity index (χ0v) is 42.4. The Morgan fingerprint density at radius 3 is 1.20 bits per heavy atom. The molecular formula is C70H47N3S2. The summed E-state index contributed by atoms with van der Waals surface area (Å²) in [6.45, 7) is 0. The van der Waals surface area contributed by atoms with Crippen LogP contribution in [0.15, 0.2) is 285 Å². The molecule has 0 aliphatic rings. The first-order chi connectivity index (χ1) is 37.1. The number of benzene rings is 12. The van der Waals surface area contributed by atoms with E-state index in [1.165, 1.54) is 73.4 Å². The van der Waals surface area contributed by atoms with Gasteiger partial charge in [-0.3, -0.25) is 0 Å². The molecule has 0 radical (unpaired) electrons. The molecule has 0 fully saturated rings. The van der Waals surface area contributed by atoms with Crippen molar-refractivity contribution in [3.8, 4) is 22.3 Å². The fourth-order valence-corrected chi connectivity index (χ4v) is 13.0. The predicted molar refractivity (Wildman–Crippen MR) is 325 cm³/mol. The van der Waals surface area contributed by atoms with Crippen LogP contribution in [0.5, 0.6) is 0 Å². The van der Waals surface area contributed by atoms with Crippen molar-refractivity contribution in [3.05, 3.63) is 285 Å². The average molecular weight is 994 g/mol. The molecule has 3 nitrogen and oxygen atoms in total. The lowest BCUT2D eigenvalue weighted by Gasteiger charge is -2.29. The maximum absolute atomic E-state index is 2.44. The van der Waals surface area contributed by atoms with Crippen LogP contribution in [0.25, 0.3) is 73.4 Å². The summed E-state index contributed by atoms with van der Waals surface area (Å²) in [5, 5.41) is 7.52. The molecule has 0 spiro atoms. The second-order valence-electron chi connectivity index (χ2n) is 19.0. The molecule has 14 rings (SSSR count). The molecule has 0 atom stereocenters. The highest BCUT2D eigenvalue weighted by Crippen LogP contribution is 2.47. The number of thiophene rings is 2. The zero-order valence-electron chi connectivity index (χ0n) is 40.8. The van der Waals surface area contributed by atoms with Gasteiger partial charge in [-0.25, -0.2) is 0 Å². The van der Waals surface area contributed by atoms with Crippen LogP contribution in [0.1, 0.15) is 0 Å². The van der Waals surface area contributed by atoms with Gasteiger partial charge in [-0.1, -0.05) is 158 Å². The number of rotatable bonds is 11. The maximum atomic E-state index is 2.44. The maximum Gasteiger partial charge on any atom is 0.0482 e. The van der Waals surface area contributed by atoms with Crippen LogP contribution in [-0.4, -0.2) is 0 Å². The predicted octanol–water partition coefficient (Wildman–Crippen LogP) is 21.3. The first-order valence-corrected chi connectivity index (χ1v) is 27.0. The van der Waals surface area contributed by atoms with Crippen LogP contribution >= 0.6 is 22.7 Å². The Bertz CT molecular complexity index is 4360. The van der Waals surface area contributed by atoms with Gasteiger partial charge in [-0.15, -0.1) is 22.7 Å². The van der Waals surface area contributed by atoms with E-state index in [1.54, 1.807) is 0 Å². The molecule has 0 saturated heterocycles. The molecule has 0 aliphatic carbocycles. The van der Waals surface area contributed by atoms with Crippen LogP contribution in [0.4, 0.5) is 51.2 Å². The number of hydrogen-bond donors (Lipinski definition) is 0. The molecule has 0 N–H and O–H groups in total. The summed E-state index contributed by atoms with van der Waals surface area (Å²) in [7, 11) is 0. The second-order valence-corrected chi connectivity index (χ2v) is 21.1. The molecule has 0 bridgehead atoms. The van der Waals surface area contributed by atoms with E-state index in [4.69, 9.17) is 0 Å². The van der Waals surface area contributed by atoms with Crippen molar-refractivity contribution in [1.82, 2.24) is 0 Å². The second kappa shape index (κ2) is 19.0. The highest BCUT2D eigenvalue weighted by atomic mass is 32.1. The Kier molecular flexibility index (Phi) is 11.2. The lowest BCUT2D eigenvalue weighted by Crippen LogP contribution is -2.13. The van der Waals surface area contributed by atoms with Crippen molar-refractivity contribution in [3.63, 3.8) is 0 Å². The summed E-state index contributed by atoms with van der Waals surface area (Å²) in [5.41, 5.74) is 14.7. The lowest BCUT2D eigenvalue weighted by atomic mass is 10.0. The number of nitrogens with zero attached hydrogens (tertiary/aromatic N) is 3. The summed E-state index contributed by atoms with van der Waals surface area (Å²) in [5.74, 6) is 0. The van der Waals surface area contributed by atoms with Crippen molar-refractivity contribution in [1.29, 1.82) is 0 Å². The van der Waals surface area contributed by atoms with Gasteiger partial charge in [0, 0.05) is 91.5 Å². The van der Waals surface area contributed by atoms with Crippen LogP contribution in [-0.2, 0) is 0 Å². The number of hydrogen-bond acceptors (Lipinski definition) is 5. The molecule has 0 aliphatic heterocycles. The zero-order chi connectivity index (χ0) is 49.7. The Hall–Kier alpha value is -9.26. The largest absolute Gasteiger partial charge is 0.310 e. The number of anilines is 9. The highest BCUT2D eigenvalue weighted by Gasteiger charge is 2.21. The van der Waals surface area contributed by atoms with Gasteiger partial charge < -0.3 is 14.7 Å². The van der Waals surface area contributed by atoms with Gasteiger partial charge >= 0.3 is 0 Å². The summed E-state index contributed by atoms with van der Waals surface area (Å²) in [6, 6.07) is 104. The Labute approximate surface area is 444 Å². The van der Waals surface area contributed by atoms with Crippen molar-refractivity contribution >= 4 is 125 Å². The van der Waals surface area contributed by atoms with E-state index in [9.17, 15) is 0 Å². The highest BCUT2D eigenvalue weighted by molar-refractivity contribution is 7.26. The molecule has 5 heteroatoms. The van der Waals surface area contributed by atoms with E-state index in [1.807, 2.05) is 22.7 Å². The fraction of sp³-hybridized carbons (Fsp3) is 0. The van der Waals surface area contributed by atoms with Gasteiger partial charge in [0.05, 0.1) is 0 Å². The van der Waals surface area contributed by atoms with E-state index < -0.39 is 0 Å². The van der Waals surface area contributed by atoms with Gasteiger partial charge in [0.2, 0.25) is 0 Å². The molecule has 75 heavy (non-hydrogen) atoms. The molecule has 0 amide bonds. The van der Waals surface area contributed by atoms with Crippen LogP contribution < -0.4 is 14.7 Å². The summed E-state index contributed by atoms with van der Waals surface area (Å²) in [6.07, 6.45) is 0. The van der Waals surface area contributed by atoms with Gasteiger partial charge in [0.1, 0.15) is 0 Å². The Morgan fingerprint density at radius 1 is 0.187 bits per heavy atom. The molecule has 0 saturated carbocycles. The van der Waals surface area contributed by atoms with E-state index in [0.29, 0.717) is 0 Å². The minimum Gasteiger partial charge on any atom is -0.310 e. The van der Waals surface area contributed by atoms with Gasteiger partial charge in [-0.05, 0) is 160 Å². The first-order valence-electron chi connectivity index (χ1n) is 25.4. The van der Waals surface area contributed by atoms with Crippen LogP contribution in [0, 0.1) is 0 Å². The van der Waals surface area contributed by atoms with Crippen LogP contribution in [0.2, 0.25) is 0 Å². The smallest absolute Gasteiger partial charge is 0.0482 e. The van der Waals surface area contributed by atoms with E-state index >= 15 is 0 Å². The van der Waals surface area contributed by atoms with Crippen molar-refractivity contribution in [2.24, 2.45) is 0 Å². The fourth-order valence-electron chi connectivity index (χ4n) is 10.8. The number of fused-ring (bicyclic) bond motifs is 7. The third kappa shape index (κ3) is 8.35. The van der Waals surface area contributed by atoms with E-state index in [-0.39, 0.29) is 0 Å². The summed E-state index contributed by atoms with van der Waals surface area (Å²) >= 11 is 3.70. The molecule has 2 aromatic heterocycles. The van der Waals surface area contributed by atoms with Gasteiger partial charge in [-0.2, -0.15) is 0 Å². The molecular weight excluding hydrogens is 947 g/mol. The Balaban J connectivity index is 0.872. The topological polar surface area (TPSA) is 9.72 Å². The molecule has 354 valence electrons. The molecule has 14 aromatic rings. The average Bonchev–Trinajstić information content (AvgIpc) is 4.05. The molecule has 12 aromatic carbocycles. The Morgan fingerprint density at radius 2 is 0.573 bits per heavy atom. The molecule has 2 heterocycles. The number of para-hydroxylation sites is 2.